The molecule has 2 nitrogen and oxygen atoms in total. The maximum atomic E-state index is 5.62. The number of fused-ring (bicyclic) bond motifs is 1. The average Bonchev–Trinajstić information content (AvgIpc) is 1.81. The average molecular weight is 124 g/mol. The van der Waals surface area contributed by atoms with E-state index in [0.29, 0.717) is 0 Å². The van der Waals surface area contributed by atoms with Crippen LogP contribution in [0, 0.1) is 22.7 Å². The highest BCUT2D eigenvalue weighted by atomic mass is 14.4. The number of rotatable bonds is 0. The summed E-state index contributed by atoms with van der Waals surface area (Å²) in [7, 11) is 0. The van der Waals surface area contributed by atoms with Crippen LogP contribution in [0.2, 0.25) is 0 Å². The second kappa shape index (κ2) is 2.79. The van der Waals surface area contributed by atoms with Crippen LogP contribution >= 0.6 is 0 Å². The number of hydrogen-bond acceptors (Lipinski definition) is 2. The Balaban J connectivity index is 0.000000120. The molecule has 0 atom stereocenters. The van der Waals surface area contributed by atoms with E-state index in [0.717, 1.165) is 0 Å². The summed E-state index contributed by atoms with van der Waals surface area (Å²) in [5, 5.41) is 11.2. The van der Waals surface area contributed by atoms with Gasteiger partial charge in [-0.3, -0.25) is 0 Å². The molecular formula is C7H12N2. The van der Waals surface area contributed by atoms with Crippen LogP contribution in [0.5, 0.6) is 0 Å². The maximum Gasteiger partial charge on any atom is 0.0831 e. The fourth-order valence-corrected chi connectivity index (χ4v) is 1.56. The Labute approximate surface area is 55.3 Å². The molecule has 0 spiro atoms. The Morgan fingerprint density at radius 2 is 1.11 bits per heavy atom. The van der Waals surface area contributed by atoms with Gasteiger partial charge in [0, 0.05) is 0 Å². The molecule has 0 radical (unpaired) electrons. The molecule has 50 valence electrons. The van der Waals surface area contributed by atoms with Crippen molar-refractivity contribution in [2.75, 3.05) is 0 Å². The van der Waals surface area contributed by atoms with E-state index < -0.39 is 0 Å². The first-order chi connectivity index (χ1) is 4.38. The molecular weight excluding hydrogens is 112 g/mol. The Hall–Kier alpha value is -0.620. The number of nitrogens with one attached hydrogen (secondary N) is 2. The fraction of sp³-hybridized carbons (Fsp3) is 0.857. The van der Waals surface area contributed by atoms with Gasteiger partial charge in [0.2, 0.25) is 0 Å². The van der Waals surface area contributed by atoms with Crippen LogP contribution in [0.15, 0.2) is 0 Å². The first kappa shape index (κ1) is 6.50. The quantitative estimate of drug-likeness (QED) is 0.465. The van der Waals surface area contributed by atoms with E-state index in [9.17, 15) is 0 Å². The lowest BCUT2D eigenvalue weighted by molar-refractivity contribution is 0.0548. The van der Waals surface area contributed by atoms with Crippen molar-refractivity contribution in [3.8, 4) is 0 Å². The molecule has 2 saturated carbocycles. The standard InChI is InChI=1S/C6H10.CH2N2/c1-2-6-4-3-5(1)6;2-1-3/h5-6H,1-4H2;2-3H. The topological polar surface area (TPSA) is 47.7 Å². The van der Waals surface area contributed by atoms with Crippen LogP contribution in [0.25, 0.3) is 0 Å². The van der Waals surface area contributed by atoms with E-state index in [2.05, 4.69) is 0 Å². The van der Waals surface area contributed by atoms with Crippen molar-refractivity contribution in [2.45, 2.75) is 25.7 Å². The normalized spacial score (nSPS) is 35.6. The molecule has 0 aromatic rings. The van der Waals surface area contributed by atoms with Crippen LogP contribution in [-0.4, -0.2) is 6.01 Å². The van der Waals surface area contributed by atoms with Crippen molar-refractivity contribution in [1.82, 2.24) is 0 Å². The molecule has 0 aliphatic heterocycles. The molecule has 0 aromatic heterocycles. The molecule has 2 aliphatic carbocycles. The molecule has 2 aliphatic rings. The van der Waals surface area contributed by atoms with E-state index in [-0.39, 0.29) is 0 Å². The third kappa shape index (κ3) is 1.19. The van der Waals surface area contributed by atoms with Crippen molar-refractivity contribution >= 4 is 6.01 Å². The summed E-state index contributed by atoms with van der Waals surface area (Å²) >= 11 is 0. The molecule has 2 fully saturated rings. The molecule has 2 N–H and O–H groups in total. The van der Waals surface area contributed by atoms with E-state index in [1.54, 1.807) is 25.7 Å². The number of hydrogen-bond donors (Lipinski definition) is 2. The summed E-state index contributed by atoms with van der Waals surface area (Å²) in [4.78, 5) is 0. The molecule has 0 amide bonds. The van der Waals surface area contributed by atoms with Gasteiger partial charge < -0.3 is 0 Å². The molecule has 9 heavy (non-hydrogen) atoms. The minimum atomic E-state index is 1.21. The Bertz CT molecular complexity index is 107. The zero-order valence-corrected chi connectivity index (χ0v) is 5.48. The monoisotopic (exact) mass is 124 g/mol. The van der Waals surface area contributed by atoms with Crippen molar-refractivity contribution in [3.05, 3.63) is 0 Å². The smallest absolute Gasteiger partial charge is 0.0831 e. The minimum absolute atomic E-state index is 1.21. The lowest BCUT2D eigenvalue weighted by Crippen LogP contribution is -2.34. The lowest BCUT2D eigenvalue weighted by atomic mass is 9.60. The summed E-state index contributed by atoms with van der Waals surface area (Å²) in [5.41, 5.74) is 0. The van der Waals surface area contributed by atoms with Crippen molar-refractivity contribution in [2.24, 2.45) is 11.8 Å². The van der Waals surface area contributed by atoms with Crippen molar-refractivity contribution in [1.29, 1.82) is 10.8 Å². The summed E-state index contributed by atoms with van der Waals surface area (Å²) < 4.78 is 0. The van der Waals surface area contributed by atoms with Gasteiger partial charge in [-0.1, -0.05) is 0 Å². The zero-order chi connectivity index (χ0) is 6.69. The summed E-state index contributed by atoms with van der Waals surface area (Å²) in [6.07, 6.45) is 6.24. The molecule has 0 aromatic carbocycles. The summed E-state index contributed by atoms with van der Waals surface area (Å²) in [5.74, 6) is 2.43. The highest BCUT2D eigenvalue weighted by Crippen LogP contribution is 2.49. The van der Waals surface area contributed by atoms with E-state index in [1.165, 1.54) is 17.8 Å². The SMILES string of the molecule is C1CC2CCC12.N=C=N. The fourth-order valence-electron chi connectivity index (χ4n) is 1.56. The van der Waals surface area contributed by atoms with Gasteiger partial charge in [-0.2, -0.15) is 0 Å². The van der Waals surface area contributed by atoms with E-state index >= 15 is 0 Å². The van der Waals surface area contributed by atoms with Gasteiger partial charge in [-0.15, -0.1) is 0 Å². The van der Waals surface area contributed by atoms with Gasteiger partial charge in [0.05, 0.1) is 6.01 Å². The van der Waals surface area contributed by atoms with Crippen LogP contribution in [-0.2, 0) is 0 Å². The third-order valence-electron chi connectivity index (χ3n) is 2.48. The zero-order valence-electron chi connectivity index (χ0n) is 5.48. The summed E-state index contributed by atoms with van der Waals surface area (Å²) in [6, 6.07) is 1.25. The van der Waals surface area contributed by atoms with E-state index in [1.807, 2.05) is 0 Å². The van der Waals surface area contributed by atoms with Crippen molar-refractivity contribution in [3.63, 3.8) is 0 Å². The highest BCUT2D eigenvalue weighted by molar-refractivity contribution is 5.29. The predicted octanol–water partition coefficient (Wildman–Crippen LogP) is 2.12. The van der Waals surface area contributed by atoms with Crippen LogP contribution in [0.3, 0.4) is 0 Å². The van der Waals surface area contributed by atoms with Crippen molar-refractivity contribution < 1.29 is 0 Å². The second-order valence-corrected chi connectivity index (χ2v) is 2.80. The van der Waals surface area contributed by atoms with Crippen LogP contribution in [0.1, 0.15) is 25.7 Å². The molecule has 0 saturated heterocycles. The van der Waals surface area contributed by atoms with Gasteiger partial charge in [-0.25, -0.2) is 10.8 Å². The van der Waals surface area contributed by atoms with Gasteiger partial charge in [0.25, 0.3) is 0 Å². The molecule has 2 heteroatoms. The Morgan fingerprint density at radius 1 is 0.889 bits per heavy atom. The van der Waals surface area contributed by atoms with Gasteiger partial charge >= 0.3 is 0 Å². The summed E-state index contributed by atoms with van der Waals surface area (Å²) in [6.45, 7) is 0. The predicted molar refractivity (Wildman–Crippen MR) is 35.9 cm³/mol. The first-order valence-corrected chi connectivity index (χ1v) is 3.47. The third-order valence-corrected chi connectivity index (χ3v) is 2.48. The molecule has 0 unspecified atom stereocenters. The lowest BCUT2D eigenvalue weighted by Gasteiger charge is -2.46. The molecule has 2 rings (SSSR count). The maximum absolute atomic E-state index is 5.62. The Kier molecular flexibility index (Phi) is 2.01. The van der Waals surface area contributed by atoms with Gasteiger partial charge in [-0.05, 0) is 37.5 Å². The second-order valence-electron chi connectivity index (χ2n) is 2.80. The molecule has 0 heterocycles. The molecule has 0 bridgehead atoms. The van der Waals surface area contributed by atoms with Crippen LogP contribution < -0.4 is 0 Å². The minimum Gasteiger partial charge on any atom is -0.242 e. The Morgan fingerprint density at radius 3 is 1.11 bits per heavy atom. The highest BCUT2D eigenvalue weighted by Gasteiger charge is 2.37. The van der Waals surface area contributed by atoms with Gasteiger partial charge in [0.15, 0.2) is 0 Å². The van der Waals surface area contributed by atoms with Crippen LogP contribution in [0.4, 0.5) is 0 Å². The largest absolute Gasteiger partial charge is 0.242 e. The van der Waals surface area contributed by atoms with Gasteiger partial charge in [0.1, 0.15) is 0 Å². The van der Waals surface area contributed by atoms with E-state index in [4.69, 9.17) is 10.8 Å². The first-order valence-electron chi connectivity index (χ1n) is 3.47.